The predicted octanol–water partition coefficient (Wildman–Crippen LogP) is 3.63. The molecule has 0 aliphatic rings. The Hall–Kier alpha value is -0.560. The Labute approximate surface area is 132 Å². The molecule has 0 radical (unpaired) electrons. The largest absolute Gasteiger partial charge is 0.382 e. The molecule has 21 heavy (non-hydrogen) atoms. The van der Waals surface area contributed by atoms with E-state index >= 15 is 0 Å². The van der Waals surface area contributed by atoms with Crippen LogP contribution in [0.1, 0.15) is 68.2 Å². The summed E-state index contributed by atoms with van der Waals surface area (Å²) in [5, 5.41) is 20.0. The monoisotopic (exact) mass is 300 g/mol. The lowest BCUT2D eigenvalue weighted by atomic mass is 9.91. The van der Waals surface area contributed by atoms with Crippen LogP contribution in [0.2, 0.25) is 0 Å². The molecule has 0 aliphatic heterocycles. The first-order chi connectivity index (χ1) is 9.45. The van der Waals surface area contributed by atoms with Gasteiger partial charge in [0.2, 0.25) is 0 Å². The Morgan fingerprint density at radius 3 is 1.24 bits per heavy atom. The van der Waals surface area contributed by atoms with Crippen molar-refractivity contribution < 1.29 is 14.9 Å². The number of hydrogen-bond donors (Lipinski definition) is 2. The van der Waals surface area contributed by atoms with Crippen LogP contribution in [-0.4, -0.2) is 34.6 Å². The van der Waals surface area contributed by atoms with E-state index in [1.165, 1.54) is 0 Å². The summed E-state index contributed by atoms with van der Waals surface area (Å²) in [5.74, 6) is 6.36. The molecule has 0 amide bonds. The van der Waals surface area contributed by atoms with E-state index in [1.807, 2.05) is 41.5 Å². The Balaban J connectivity index is 0. The molecule has 3 heteroatoms. The zero-order chi connectivity index (χ0) is 17.1. The SMILES string of the molecule is CC(C)CC(C)(O)C#CC(C)(O)CC(C)C.CCOCC. The van der Waals surface area contributed by atoms with E-state index in [0.717, 1.165) is 13.2 Å². The van der Waals surface area contributed by atoms with Gasteiger partial charge in [-0.15, -0.1) is 0 Å². The zero-order valence-corrected chi connectivity index (χ0v) is 15.3. The lowest BCUT2D eigenvalue weighted by molar-refractivity contribution is 0.0859. The van der Waals surface area contributed by atoms with Crippen LogP contribution in [0.4, 0.5) is 0 Å². The third kappa shape index (κ3) is 17.4. The average Bonchev–Trinajstić information content (AvgIpc) is 2.25. The first-order valence-corrected chi connectivity index (χ1v) is 8.02. The smallest absolute Gasteiger partial charge is 0.123 e. The summed E-state index contributed by atoms with van der Waals surface area (Å²) in [6.07, 6.45) is 1.25. The molecule has 0 saturated carbocycles. The molecule has 0 heterocycles. The Morgan fingerprint density at radius 1 is 0.810 bits per heavy atom. The van der Waals surface area contributed by atoms with Crippen LogP contribution >= 0.6 is 0 Å². The van der Waals surface area contributed by atoms with Crippen molar-refractivity contribution in [1.82, 2.24) is 0 Å². The molecule has 2 N–H and O–H groups in total. The summed E-state index contributed by atoms with van der Waals surface area (Å²) in [6, 6.07) is 0. The Bertz CT molecular complexity index is 278. The van der Waals surface area contributed by atoms with Crippen molar-refractivity contribution in [3.63, 3.8) is 0 Å². The number of aliphatic hydroxyl groups is 2. The van der Waals surface area contributed by atoms with Crippen LogP contribution < -0.4 is 0 Å². The minimum Gasteiger partial charge on any atom is -0.382 e. The van der Waals surface area contributed by atoms with E-state index in [4.69, 9.17) is 4.74 Å². The van der Waals surface area contributed by atoms with Crippen molar-refractivity contribution >= 4 is 0 Å². The van der Waals surface area contributed by atoms with Crippen molar-refractivity contribution in [2.24, 2.45) is 11.8 Å². The van der Waals surface area contributed by atoms with Crippen LogP contribution in [-0.2, 0) is 4.74 Å². The number of hydrogen-bond acceptors (Lipinski definition) is 3. The van der Waals surface area contributed by atoms with Gasteiger partial charge >= 0.3 is 0 Å². The second-order valence-corrected chi connectivity index (χ2v) is 6.78. The standard InChI is InChI=1S/C14H26O2.C4H10O/c1-11(2)9-13(5,15)7-8-14(6,16)10-12(3)4;1-3-5-4-2/h11-12,15-16H,9-10H2,1-6H3;3-4H2,1-2H3. The normalized spacial score (nSPS) is 16.4. The summed E-state index contributed by atoms with van der Waals surface area (Å²) >= 11 is 0. The highest BCUT2D eigenvalue weighted by molar-refractivity contribution is 5.19. The van der Waals surface area contributed by atoms with Gasteiger partial charge in [-0.3, -0.25) is 0 Å². The van der Waals surface area contributed by atoms with E-state index in [-0.39, 0.29) is 0 Å². The van der Waals surface area contributed by atoms with Crippen LogP contribution in [0.3, 0.4) is 0 Å². The van der Waals surface area contributed by atoms with Gasteiger partial charge in [-0.05, 0) is 52.4 Å². The first kappa shape index (κ1) is 22.7. The molecular formula is C18H36O3. The highest BCUT2D eigenvalue weighted by atomic mass is 16.5. The van der Waals surface area contributed by atoms with Gasteiger partial charge in [0.15, 0.2) is 0 Å². The maximum absolute atomic E-state index is 10.00. The van der Waals surface area contributed by atoms with Gasteiger partial charge in [0.05, 0.1) is 0 Å². The molecule has 2 atom stereocenters. The van der Waals surface area contributed by atoms with E-state index in [1.54, 1.807) is 13.8 Å². The predicted molar refractivity (Wildman–Crippen MR) is 90.1 cm³/mol. The third-order valence-electron chi connectivity index (χ3n) is 2.62. The minimum atomic E-state index is -1.00. The maximum atomic E-state index is 10.00. The lowest BCUT2D eigenvalue weighted by Crippen LogP contribution is -2.28. The second kappa shape index (κ2) is 11.1. The van der Waals surface area contributed by atoms with E-state index in [2.05, 4.69) is 11.8 Å². The fraction of sp³-hybridized carbons (Fsp3) is 0.889. The maximum Gasteiger partial charge on any atom is 0.123 e. The summed E-state index contributed by atoms with van der Waals surface area (Å²) in [4.78, 5) is 0. The summed E-state index contributed by atoms with van der Waals surface area (Å²) < 4.78 is 4.83. The van der Waals surface area contributed by atoms with Crippen molar-refractivity contribution in [2.75, 3.05) is 13.2 Å². The molecule has 0 rings (SSSR count). The summed E-state index contributed by atoms with van der Waals surface area (Å²) in [5.41, 5.74) is -2.01. The molecule has 2 unspecified atom stereocenters. The summed E-state index contributed by atoms with van der Waals surface area (Å²) in [6.45, 7) is 17.2. The van der Waals surface area contributed by atoms with Gasteiger partial charge in [-0.25, -0.2) is 0 Å². The summed E-state index contributed by atoms with van der Waals surface area (Å²) in [7, 11) is 0. The van der Waals surface area contributed by atoms with Gasteiger partial charge in [-0.2, -0.15) is 0 Å². The number of ether oxygens (including phenoxy) is 1. The van der Waals surface area contributed by atoms with Crippen molar-refractivity contribution in [3.8, 4) is 11.8 Å². The molecule has 3 nitrogen and oxygen atoms in total. The van der Waals surface area contributed by atoms with Crippen LogP contribution in [0.25, 0.3) is 0 Å². The molecule has 0 saturated heterocycles. The molecule has 0 aromatic heterocycles. The fourth-order valence-electron chi connectivity index (χ4n) is 2.17. The lowest BCUT2D eigenvalue weighted by Gasteiger charge is -2.22. The van der Waals surface area contributed by atoms with E-state index in [0.29, 0.717) is 24.7 Å². The van der Waals surface area contributed by atoms with Crippen LogP contribution in [0, 0.1) is 23.7 Å². The molecule has 0 fully saturated rings. The Kier molecular flexibility index (Phi) is 12.0. The van der Waals surface area contributed by atoms with Gasteiger partial charge in [0, 0.05) is 13.2 Å². The fourth-order valence-corrected chi connectivity index (χ4v) is 2.17. The van der Waals surface area contributed by atoms with Gasteiger partial charge < -0.3 is 14.9 Å². The van der Waals surface area contributed by atoms with Crippen molar-refractivity contribution in [1.29, 1.82) is 0 Å². The molecule has 0 aliphatic carbocycles. The molecule has 0 spiro atoms. The average molecular weight is 300 g/mol. The van der Waals surface area contributed by atoms with Crippen LogP contribution in [0.15, 0.2) is 0 Å². The topological polar surface area (TPSA) is 49.7 Å². The highest BCUT2D eigenvalue weighted by Crippen LogP contribution is 2.18. The second-order valence-electron chi connectivity index (χ2n) is 6.78. The van der Waals surface area contributed by atoms with Gasteiger partial charge in [0.1, 0.15) is 11.2 Å². The molecular weight excluding hydrogens is 264 g/mol. The molecule has 0 aromatic rings. The molecule has 126 valence electrons. The van der Waals surface area contributed by atoms with E-state index in [9.17, 15) is 10.2 Å². The van der Waals surface area contributed by atoms with E-state index < -0.39 is 11.2 Å². The number of rotatable bonds is 6. The zero-order valence-electron chi connectivity index (χ0n) is 15.3. The van der Waals surface area contributed by atoms with Crippen LogP contribution in [0.5, 0.6) is 0 Å². The quantitative estimate of drug-likeness (QED) is 0.737. The Morgan fingerprint density at radius 2 is 1.10 bits per heavy atom. The van der Waals surface area contributed by atoms with Gasteiger partial charge in [-0.1, -0.05) is 39.5 Å². The molecule has 0 bridgehead atoms. The van der Waals surface area contributed by atoms with Crippen molar-refractivity contribution in [2.45, 2.75) is 79.4 Å². The van der Waals surface area contributed by atoms with Crippen molar-refractivity contribution in [3.05, 3.63) is 0 Å². The minimum absolute atomic E-state index is 0.388. The highest BCUT2D eigenvalue weighted by Gasteiger charge is 2.22. The first-order valence-electron chi connectivity index (χ1n) is 8.02. The van der Waals surface area contributed by atoms with Gasteiger partial charge in [0.25, 0.3) is 0 Å². The third-order valence-corrected chi connectivity index (χ3v) is 2.62. The molecule has 0 aromatic carbocycles.